The molecule has 6 nitrogen and oxygen atoms in total. The van der Waals surface area contributed by atoms with E-state index < -0.39 is 0 Å². The lowest BCUT2D eigenvalue weighted by molar-refractivity contribution is 0.102. The predicted molar refractivity (Wildman–Crippen MR) is 112 cm³/mol. The summed E-state index contributed by atoms with van der Waals surface area (Å²) in [6, 6.07) is 15.9. The minimum Gasteiger partial charge on any atom is -0.372 e. The van der Waals surface area contributed by atoms with Crippen molar-refractivity contribution in [2.45, 2.75) is 19.8 Å². The molecule has 142 valence electrons. The van der Waals surface area contributed by atoms with Crippen molar-refractivity contribution < 1.29 is 4.79 Å². The van der Waals surface area contributed by atoms with Gasteiger partial charge in [-0.1, -0.05) is 17.7 Å². The summed E-state index contributed by atoms with van der Waals surface area (Å²) in [7, 11) is 0. The molecule has 3 aromatic rings. The monoisotopic (exact) mass is 373 g/mol. The van der Waals surface area contributed by atoms with Gasteiger partial charge < -0.3 is 15.5 Å². The molecule has 0 atom stereocenters. The van der Waals surface area contributed by atoms with Crippen molar-refractivity contribution in [2.75, 3.05) is 28.6 Å². The maximum atomic E-state index is 12.4. The van der Waals surface area contributed by atoms with Crippen LogP contribution in [0.15, 0.2) is 60.9 Å². The minimum absolute atomic E-state index is 0.275. The number of hydrogen-bond acceptors (Lipinski definition) is 5. The number of aryl methyl sites for hydroxylation is 1. The van der Waals surface area contributed by atoms with E-state index in [0.29, 0.717) is 5.82 Å². The van der Waals surface area contributed by atoms with Gasteiger partial charge in [0.25, 0.3) is 5.91 Å². The van der Waals surface area contributed by atoms with Gasteiger partial charge in [0.05, 0.1) is 12.4 Å². The smallest absolute Gasteiger partial charge is 0.275 e. The van der Waals surface area contributed by atoms with Gasteiger partial charge in [0.2, 0.25) is 0 Å². The van der Waals surface area contributed by atoms with E-state index in [2.05, 4.69) is 25.5 Å². The summed E-state index contributed by atoms with van der Waals surface area (Å²) in [5.41, 5.74) is 4.34. The summed E-state index contributed by atoms with van der Waals surface area (Å²) >= 11 is 0. The molecule has 28 heavy (non-hydrogen) atoms. The number of nitrogens with zero attached hydrogens (tertiary/aromatic N) is 3. The first kappa shape index (κ1) is 18.0. The first-order valence-electron chi connectivity index (χ1n) is 9.49. The topological polar surface area (TPSA) is 70.2 Å². The van der Waals surface area contributed by atoms with Crippen LogP contribution in [0.4, 0.5) is 22.9 Å². The second kappa shape index (κ2) is 8.08. The van der Waals surface area contributed by atoms with Crippen LogP contribution in [0.3, 0.4) is 0 Å². The highest BCUT2D eigenvalue weighted by atomic mass is 16.1. The molecular weight excluding hydrogens is 350 g/mol. The van der Waals surface area contributed by atoms with Crippen LogP contribution in [-0.2, 0) is 0 Å². The molecule has 1 aliphatic rings. The zero-order valence-electron chi connectivity index (χ0n) is 15.9. The Morgan fingerprint density at radius 3 is 2.21 bits per heavy atom. The fourth-order valence-corrected chi connectivity index (χ4v) is 3.22. The van der Waals surface area contributed by atoms with Gasteiger partial charge in [0.15, 0.2) is 0 Å². The van der Waals surface area contributed by atoms with Gasteiger partial charge in [-0.3, -0.25) is 4.79 Å². The summed E-state index contributed by atoms with van der Waals surface area (Å²) in [5.74, 6) is 0.318. The highest BCUT2D eigenvalue weighted by molar-refractivity contribution is 6.02. The van der Waals surface area contributed by atoms with Crippen LogP contribution in [-0.4, -0.2) is 29.0 Å². The Morgan fingerprint density at radius 2 is 1.57 bits per heavy atom. The van der Waals surface area contributed by atoms with Crippen molar-refractivity contribution in [3.8, 4) is 0 Å². The van der Waals surface area contributed by atoms with Crippen LogP contribution in [0.2, 0.25) is 0 Å². The van der Waals surface area contributed by atoms with Crippen LogP contribution in [0.5, 0.6) is 0 Å². The zero-order valence-corrected chi connectivity index (χ0v) is 15.9. The van der Waals surface area contributed by atoms with E-state index in [4.69, 9.17) is 0 Å². The van der Waals surface area contributed by atoms with E-state index in [1.54, 1.807) is 6.20 Å². The van der Waals surface area contributed by atoms with Gasteiger partial charge >= 0.3 is 0 Å². The molecule has 2 aromatic carbocycles. The number of nitrogens with one attached hydrogen (secondary N) is 2. The lowest BCUT2D eigenvalue weighted by Crippen LogP contribution is -2.18. The number of benzene rings is 2. The van der Waals surface area contributed by atoms with E-state index in [-0.39, 0.29) is 11.6 Å². The minimum atomic E-state index is -0.275. The number of aromatic nitrogens is 2. The number of carbonyl (C=O) groups excluding carboxylic acids is 1. The van der Waals surface area contributed by atoms with Gasteiger partial charge in [-0.15, -0.1) is 0 Å². The molecule has 1 aliphatic heterocycles. The van der Waals surface area contributed by atoms with Crippen molar-refractivity contribution in [1.82, 2.24) is 9.97 Å². The zero-order chi connectivity index (χ0) is 19.3. The van der Waals surface area contributed by atoms with Gasteiger partial charge in [-0.25, -0.2) is 9.97 Å². The molecule has 2 heterocycles. The van der Waals surface area contributed by atoms with E-state index in [9.17, 15) is 4.79 Å². The van der Waals surface area contributed by atoms with Gasteiger partial charge in [-0.05, 0) is 56.2 Å². The molecule has 0 aliphatic carbocycles. The molecule has 0 unspecified atom stereocenters. The van der Waals surface area contributed by atoms with Crippen LogP contribution in [0, 0.1) is 6.92 Å². The Bertz CT molecular complexity index is 930. The SMILES string of the molecule is Cc1ccc(Nc2cnc(C(=O)Nc3ccc(N4CCCC4)cc3)cn2)cc1. The van der Waals surface area contributed by atoms with Crippen LogP contribution >= 0.6 is 0 Å². The highest BCUT2D eigenvalue weighted by Crippen LogP contribution is 2.22. The number of amides is 1. The quantitative estimate of drug-likeness (QED) is 0.694. The first-order chi connectivity index (χ1) is 13.7. The Morgan fingerprint density at radius 1 is 0.893 bits per heavy atom. The molecule has 1 aromatic heterocycles. The Balaban J connectivity index is 1.37. The molecule has 1 fully saturated rings. The van der Waals surface area contributed by atoms with Gasteiger partial charge in [-0.2, -0.15) is 0 Å². The van der Waals surface area contributed by atoms with Crippen molar-refractivity contribution in [3.63, 3.8) is 0 Å². The van der Waals surface area contributed by atoms with Crippen molar-refractivity contribution in [1.29, 1.82) is 0 Å². The molecule has 1 saturated heterocycles. The molecule has 0 bridgehead atoms. The van der Waals surface area contributed by atoms with E-state index in [1.807, 2.05) is 55.5 Å². The fourth-order valence-electron chi connectivity index (χ4n) is 3.22. The third-order valence-corrected chi connectivity index (χ3v) is 4.80. The summed E-state index contributed by atoms with van der Waals surface area (Å²) in [5, 5.41) is 6.04. The largest absolute Gasteiger partial charge is 0.372 e. The summed E-state index contributed by atoms with van der Waals surface area (Å²) in [4.78, 5) is 23.3. The Hall–Kier alpha value is -3.41. The van der Waals surface area contributed by atoms with Crippen LogP contribution < -0.4 is 15.5 Å². The maximum Gasteiger partial charge on any atom is 0.275 e. The summed E-state index contributed by atoms with van der Waals surface area (Å²) in [6.45, 7) is 4.24. The third kappa shape index (κ3) is 4.28. The molecule has 0 saturated carbocycles. The molecular formula is C22H23N5O. The average molecular weight is 373 g/mol. The van der Waals surface area contributed by atoms with Gasteiger partial charge in [0, 0.05) is 30.2 Å². The highest BCUT2D eigenvalue weighted by Gasteiger charge is 2.13. The predicted octanol–water partition coefficient (Wildman–Crippen LogP) is 4.38. The number of anilines is 4. The number of hydrogen-bond donors (Lipinski definition) is 2. The average Bonchev–Trinajstić information content (AvgIpc) is 3.26. The van der Waals surface area contributed by atoms with E-state index in [0.717, 1.165) is 24.5 Å². The first-order valence-corrected chi connectivity index (χ1v) is 9.49. The van der Waals surface area contributed by atoms with E-state index in [1.165, 1.54) is 30.3 Å². The second-order valence-corrected chi connectivity index (χ2v) is 6.97. The molecule has 6 heteroatoms. The standard InChI is InChI=1S/C22H23N5O/c1-16-4-6-17(7-5-16)25-21-15-23-20(14-24-21)22(28)26-18-8-10-19(11-9-18)27-12-2-3-13-27/h4-11,14-15H,2-3,12-13H2,1H3,(H,24,25)(H,26,28). The molecule has 1 amide bonds. The van der Waals surface area contributed by atoms with E-state index >= 15 is 0 Å². The summed E-state index contributed by atoms with van der Waals surface area (Å²) in [6.07, 6.45) is 5.52. The lowest BCUT2D eigenvalue weighted by Gasteiger charge is -2.17. The molecule has 0 spiro atoms. The molecule has 0 radical (unpaired) electrons. The van der Waals surface area contributed by atoms with Gasteiger partial charge in [0.1, 0.15) is 11.5 Å². The summed E-state index contributed by atoms with van der Waals surface area (Å²) < 4.78 is 0. The number of carbonyl (C=O) groups is 1. The van der Waals surface area contributed by atoms with Crippen molar-refractivity contribution in [2.24, 2.45) is 0 Å². The fraction of sp³-hybridized carbons (Fsp3) is 0.227. The van der Waals surface area contributed by atoms with Crippen molar-refractivity contribution >= 4 is 28.8 Å². The number of rotatable bonds is 5. The van der Waals surface area contributed by atoms with Crippen molar-refractivity contribution in [3.05, 3.63) is 72.2 Å². The van der Waals surface area contributed by atoms with Crippen LogP contribution in [0.25, 0.3) is 0 Å². The molecule has 4 rings (SSSR count). The molecule has 2 N–H and O–H groups in total. The second-order valence-electron chi connectivity index (χ2n) is 6.97. The normalized spacial score (nSPS) is 13.4. The Labute approximate surface area is 164 Å². The lowest BCUT2D eigenvalue weighted by atomic mass is 10.2. The third-order valence-electron chi connectivity index (χ3n) is 4.80. The Kier molecular flexibility index (Phi) is 5.19. The maximum absolute atomic E-state index is 12.4. The van der Waals surface area contributed by atoms with Crippen LogP contribution in [0.1, 0.15) is 28.9 Å².